The third-order valence-corrected chi connectivity index (χ3v) is 2.47. The van der Waals surface area contributed by atoms with E-state index in [0.717, 1.165) is 25.5 Å². The number of aromatic nitrogens is 1. The molecule has 0 N–H and O–H groups in total. The van der Waals surface area contributed by atoms with Gasteiger partial charge in [0.05, 0.1) is 18.4 Å². The van der Waals surface area contributed by atoms with E-state index in [-0.39, 0.29) is 5.56 Å². The van der Waals surface area contributed by atoms with Crippen molar-refractivity contribution in [1.82, 2.24) is 4.98 Å². The predicted octanol–water partition coefficient (Wildman–Crippen LogP) is 3.35. The van der Waals surface area contributed by atoms with Crippen LogP contribution in [0.25, 0.3) is 0 Å². The molecule has 17 heavy (non-hydrogen) atoms. The molecule has 0 spiro atoms. The first-order valence-corrected chi connectivity index (χ1v) is 6.02. The molecule has 0 aliphatic heterocycles. The van der Waals surface area contributed by atoms with Crippen LogP contribution in [0, 0.1) is 5.82 Å². The lowest BCUT2D eigenvalue weighted by Gasteiger charge is -2.05. The molecule has 0 aliphatic carbocycles. The normalized spacial score (nSPS) is 10.2. The molecule has 0 atom stereocenters. The van der Waals surface area contributed by atoms with Gasteiger partial charge in [-0.25, -0.2) is 9.18 Å². The van der Waals surface area contributed by atoms with E-state index in [1.807, 2.05) is 0 Å². The van der Waals surface area contributed by atoms with Gasteiger partial charge in [-0.2, -0.15) is 0 Å². The van der Waals surface area contributed by atoms with Crippen molar-refractivity contribution >= 4 is 5.97 Å². The highest BCUT2D eigenvalue weighted by molar-refractivity contribution is 5.89. The van der Waals surface area contributed by atoms with Crippen LogP contribution in [0.3, 0.4) is 0 Å². The molecule has 0 unspecified atom stereocenters. The summed E-state index contributed by atoms with van der Waals surface area (Å²) in [6, 6.07) is 1.33. The maximum atomic E-state index is 13.2. The van der Waals surface area contributed by atoms with Gasteiger partial charge in [-0.15, -0.1) is 0 Å². The van der Waals surface area contributed by atoms with Gasteiger partial charge in [-0.05, 0) is 12.5 Å². The Balaban J connectivity index is 2.24. The zero-order valence-corrected chi connectivity index (χ0v) is 10.1. The molecule has 1 aromatic heterocycles. The second-order valence-corrected chi connectivity index (χ2v) is 3.91. The summed E-state index contributed by atoms with van der Waals surface area (Å²) in [5.41, 5.74) is -0.0476. The van der Waals surface area contributed by atoms with Gasteiger partial charge in [0.15, 0.2) is 5.82 Å². The van der Waals surface area contributed by atoms with Crippen LogP contribution in [-0.2, 0) is 4.74 Å². The molecule has 0 saturated heterocycles. The van der Waals surface area contributed by atoms with E-state index in [1.165, 1.54) is 25.1 Å². The topological polar surface area (TPSA) is 39.2 Å². The molecular formula is C13H18FNO2. The molecule has 0 aliphatic rings. The third-order valence-electron chi connectivity index (χ3n) is 2.47. The monoisotopic (exact) mass is 239 g/mol. The number of unbranched alkanes of at least 4 members (excludes halogenated alkanes) is 4. The van der Waals surface area contributed by atoms with Crippen molar-refractivity contribution < 1.29 is 13.9 Å². The number of esters is 1. The maximum absolute atomic E-state index is 13.2. The van der Waals surface area contributed by atoms with Crippen molar-refractivity contribution in [3.63, 3.8) is 0 Å². The van der Waals surface area contributed by atoms with Gasteiger partial charge in [0.2, 0.25) is 0 Å². The molecule has 1 aromatic rings. The standard InChI is InChI=1S/C13H18FNO2/c1-2-3-4-5-6-9-17-13(16)11-7-8-15-10-12(11)14/h7-8,10H,2-6,9H2,1H3. The molecule has 0 amide bonds. The molecule has 1 rings (SSSR count). The molecule has 3 nitrogen and oxygen atoms in total. The van der Waals surface area contributed by atoms with Crippen molar-refractivity contribution in [3.8, 4) is 0 Å². The van der Waals surface area contributed by atoms with Crippen molar-refractivity contribution in [3.05, 3.63) is 29.8 Å². The van der Waals surface area contributed by atoms with Crippen LogP contribution in [0.5, 0.6) is 0 Å². The molecule has 0 bridgehead atoms. The van der Waals surface area contributed by atoms with Gasteiger partial charge < -0.3 is 4.74 Å². The number of hydrogen-bond acceptors (Lipinski definition) is 3. The molecule has 4 heteroatoms. The van der Waals surface area contributed by atoms with E-state index in [0.29, 0.717) is 6.61 Å². The van der Waals surface area contributed by atoms with E-state index in [9.17, 15) is 9.18 Å². The number of ether oxygens (including phenoxy) is 1. The molecule has 94 valence electrons. The minimum absolute atomic E-state index is 0.0476. The molecular weight excluding hydrogens is 221 g/mol. The summed E-state index contributed by atoms with van der Waals surface area (Å²) in [5.74, 6) is -1.25. The summed E-state index contributed by atoms with van der Waals surface area (Å²) in [4.78, 5) is 15.0. The van der Waals surface area contributed by atoms with Crippen LogP contribution in [0.2, 0.25) is 0 Å². The van der Waals surface area contributed by atoms with Gasteiger partial charge in [0.1, 0.15) is 0 Å². The van der Waals surface area contributed by atoms with Gasteiger partial charge in [-0.1, -0.05) is 32.6 Å². The first-order chi connectivity index (χ1) is 8.25. The molecule has 0 radical (unpaired) electrons. The van der Waals surface area contributed by atoms with Gasteiger partial charge >= 0.3 is 5.97 Å². The fourth-order valence-electron chi connectivity index (χ4n) is 1.49. The van der Waals surface area contributed by atoms with Crippen LogP contribution in [0.4, 0.5) is 4.39 Å². The van der Waals surface area contributed by atoms with Gasteiger partial charge in [-0.3, -0.25) is 4.98 Å². The summed E-state index contributed by atoms with van der Waals surface area (Å²) in [5, 5.41) is 0. The summed E-state index contributed by atoms with van der Waals surface area (Å²) in [7, 11) is 0. The fourth-order valence-corrected chi connectivity index (χ4v) is 1.49. The SMILES string of the molecule is CCCCCCCOC(=O)c1ccncc1F. The highest BCUT2D eigenvalue weighted by Gasteiger charge is 2.11. The Hall–Kier alpha value is -1.45. The minimum atomic E-state index is -0.636. The zero-order valence-electron chi connectivity index (χ0n) is 10.1. The predicted molar refractivity (Wildman–Crippen MR) is 63.2 cm³/mol. The Labute approximate surface area is 101 Å². The Kier molecular flexibility index (Phi) is 6.22. The number of pyridine rings is 1. The number of carbonyl (C=O) groups is 1. The minimum Gasteiger partial charge on any atom is -0.462 e. The van der Waals surface area contributed by atoms with E-state index in [4.69, 9.17) is 4.74 Å². The van der Waals surface area contributed by atoms with Crippen molar-refractivity contribution in [2.45, 2.75) is 39.0 Å². The molecule has 0 saturated carbocycles. The first-order valence-electron chi connectivity index (χ1n) is 6.02. The van der Waals surface area contributed by atoms with Crippen LogP contribution < -0.4 is 0 Å². The molecule has 0 fully saturated rings. The largest absolute Gasteiger partial charge is 0.462 e. The summed E-state index contributed by atoms with van der Waals surface area (Å²) >= 11 is 0. The van der Waals surface area contributed by atoms with Crippen LogP contribution in [0.1, 0.15) is 49.4 Å². The summed E-state index contributed by atoms with van der Waals surface area (Å²) < 4.78 is 18.1. The number of nitrogens with zero attached hydrogens (tertiary/aromatic N) is 1. The maximum Gasteiger partial charge on any atom is 0.341 e. The fraction of sp³-hybridized carbons (Fsp3) is 0.538. The van der Waals surface area contributed by atoms with Gasteiger partial charge in [0, 0.05) is 6.20 Å². The zero-order chi connectivity index (χ0) is 12.5. The smallest absolute Gasteiger partial charge is 0.341 e. The van der Waals surface area contributed by atoms with E-state index < -0.39 is 11.8 Å². The van der Waals surface area contributed by atoms with Crippen LogP contribution in [0.15, 0.2) is 18.5 Å². The second kappa shape index (κ2) is 7.76. The van der Waals surface area contributed by atoms with Crippen LogP contribution in [-0.4, -0.2) is 17.6 Å². The van der Waals surface area contributed by atoms with E-state index >= 15 is 0 Å². The van der Waals surface area contributed by atoms with Crippen molar-refractivity contribution in [2.75, 3.05) is 6.61 Å². The average molecular weight is 239 g/mol. The Morgan fingerprint density at radius 1 is 1.35 bits per heavy atom. The summed E-state index contributed by atoms with van der Waals surface area (Å²) in [6.07, 6.45) is 7.80. The molecule has 0 aromatic carbocycles. The van der Waals surface area contributed by atoms with Crippen LogP contribution >= 0.6 is 0 Å². The Bertz CT molecular complexity index is 355. The lowest BCUT2D eigenvalue weighted by molar-refractivity contribution is 0.0492. The lowest BCUT2D eigenvalue weighted by atomic mass is 10.2. The number of rotatable bonds is 7. The quantitative estimate of drug-likeness (QED) is 0.541. The Morgan fingerprint density at radius 3 is 2.82 bits per heavy atom. The van der Waals surface area contributed by atoms with E-state index in [2.05, 4.69) is 11.9 Å². The molecule has 1 heterocycles. The number of carbonyl (C=O) groups excluding carboxylic acids is 1. The first kappa shape index (κ1) is 13.6. The average Bonchev–Trinajstić information content (AvgIpc) is 2.34. The highest BCUT2D eigenvalue weighted by Crippen LogP contribution is 2.07. The highest BCUT2D eigenvalue weighted by atomic mass is 19.1. The Morgan fingerprint density at radius 2 is 2.12 bits per heavy atom. The second-order valence-electron chi connectivity index (χ2n) is 3.91. The number of hydrogen-bond donors (Lipinski definition) is 0. The summed E-state index contributed by atoms with van der Waals surface area (Å²) in [6.45, 7) is 2.50. The third kappa shape index (κ3) is 4.93. The van der Waals surface area contributed by atoms with Crippen molar-refractivity contribution in [2.24, 2.45) is 0 Å². The number of halogens is 1. The van der Waals surface area contributed by atoms with Gasteiger partial charge in [0.25, 0.3) is 0 Å². The van der Waals surface area contributed by atoms with E-state index in [1.54, 1.807) is 0 Å². The lowest BCUT2D eigenvalue weighted by Crippen LogP contribution is -2.08. The van der Waals surface area contributed by atoms with Crippen molar-refractivity contribution in [1.29, 1.82) is 0 Å².